The first-order valence-corrected chi connectivity index (χ1v) is 7.39. The Bertz CT molecular complexity index is 203. The standard InChI is InChI=1S/C15H31NO/c1-5-6-7-8-9-10-11-16-13-12-14(17-4)15(13,2)3/h13-14,16H,5-12H2,1-4H3. The van der Waals surface area contributed by atoms with E-state index in [1.807, 2.05) is 7.11 Å². The smallest absolute Gasteiger partial charge is 0.0652 e. The van der Waals surface area contributed by atoms with Gasteiger partial charge in [0.2, 0.25) is 0 Å². The minimum absolute atomic E-state index is 0.316. The molecule has 0 spiro atoms. The van der Waals surface area contributed by atoms with Crippen LogP contribution in [-0.2, 0) is 4.74 Å². The minimum atomic E-state index is 0.316. The monoisotopic (exact) mass is 241 g/mol. The number of ether oxygens (including phenoxy) is 1. The van der Waals surface area contributed by atoms with Gasteiger partial charge in [0.15, 0.2) is 0 Å². The minimum Gasteiger partial charge on any atom is -0.381 e. The van der Waals surface area contributed by atoms with E-state index in [-0.39, 0.29) is 0 Å². The summed E-state index contributed by atoms with van der Waals surface area (Å²) in [7, 11) is 1.83. The Morgan fingerprint density at radius 3 is 2.35 bits per heavy atom. The van der Waals surface area contributed by atoms with Gasteiger partial charge in [-0.3, -0.25) is 0 Å². The lowest BCUT2D eigenvalue weighted by Crippen LogP contribution is -2.60. The van der Waals surface area contributed by atoms with Crippen molar-refractivity contribution in [3.63, 3.8) is 0 Å². The highest BCUT2D eigenvalue weighted by atomic mass is 16.5. The van der Waals surface area contributed by atoms with Gasteiger partial charge in [0.05, 0.1) is 6.10 Å². The third-order valence-corrected chi connectivity index (χ3v) is 4.38. The molecule has 1 N–H and O–H groups in total. The Labute approximate surface area is 108 Å². The maximum Gasteiger partial charge on any atom is 0.0652 e. The molecule has 0 aliphatic heterocycles. The number of hydrogen-bond donors (Lipinski definition) is 1. The second-order valence-corrected chi connectivity index (χ2v) is 6.06. The second-order valence-electron chi connectivity index (χ2n) is 6.06. The predicted octanol–water partition coefficient (Wildman–Crippen LogP) is 3.75. The van der Waals surface area contributed by atoms with Crippen LogP contribution in [-0.4, -0.2) is 25.8 Å². The molecule has 2 heteroatoms. The third kappa shape index (κ3) is 4.26. The zero-order chi connectivity index (χ0) is 12.7. The number of unbranched alkanes of at least 4 members (excludes halogenated alkanes) is 5. The second kappa shape index (κ2) is 7.38. The van der Waals surface area contributed by atoms with Crippen molar-refractivity contribution in [1.82, 2.24) is 5.32 Å². The molecular weight excluding hydrogens is 210 g/mol. The van der Waals surface area contributed by atoms with Crippen LogP contribution in [0, 0.1) is 5.41 Å². The molecule has 0 heterocycles. The lowest BCUT2D eigenvalue weighted by Gasteiger charge is -2.51. The van der Waals surface area contributed by atoms with Crippen LogP contribution in [0.4, 0.5) is 0 Å². The fourth-order valence-corrected chi connectivity index (χ4v) is 2.81. The Balaban J connectivity index is 1.97. The van der Waals surface area contributed by atoms with Crippen LogP contribution in [0.2, 0.25) is 0 Å². The van der Waals surface area contributed by atoms with Gasteiger partial charge in [-0.25, -0.2) is 0 Å². The van der Waals surface area contributed by atoms with Crippen molar-refractivity contribution >= 4 is 0 Å². The van der Waals surface area contributed by atoms with Gasteiger partial charge in [0, 0.05) is 18.6 Å². The lowest BCUT2D eigenvalue weighted by molar-refractivity contribution is -0.0972. The van der Waals surface area contributed by atoms with Crippen molar-refractivity contribution in [2.75, 3.05) is 13.7 Å². The first-order chi connectivity index (χ1) is 8.12. The molecule has 0 saturated heterocycles. The van der Waals surface area contributed by atoms with Gasteiger partial charge in [-0.05, 0) is 19.4 Å². The van der Waals surface area contributed by atoms with Crippen molar-refractivity contribution in [2.45, 2.75) is 77.9 Å². The van der Waals surface area contributed by atoms with E-state index in [1.165, 1.54) is 51.5 Å². The van der Waals surface area contributed by atoms with Gasteiger partial charge in [0.25, 0.3) is 0 Å². The highest BCUT2D eigenvalue weighted by Crippen LogP contribution is 2.42. The van der Waals surface area contributed by atoms with Gasteiger partial charge in [-0.1, -0.05) is 52.9 Å². The molecule has 1 aliphatic carbocycles. The van der Waals surface area contributed by atoms with Crippen LogP contribution in [0.15, 0.2) is 0 Å². The van der Waals surface area contributed by atoms with Crippen LogP contribution in [0.3, 0.4) is 0 Å². The van der Waals surface area contributed by atoms with Crippen LogP contribution in [0.5, 0.6) is 0 Å². The zero-order valence-electron chi connectivity index (χ0n) is 12.2. The molecule has 0 bridgehead atoms. The fourth-order valence-electron chi connectivity index (χ4n) is 2.81. The summed E-state index contributed by atoms with van der Waals surface area (Å²) >= 11 is 0. The average Bonchev–Trinajstić information content (AvgIpc) is 2.31. The van der Waals surface area contributed by atoms with Gasteiger partial charge in [-0.15, -0.1) is 0 Å². The maximum absolute atomic E-state index is 5.46. The molecule has 2 unspecified atom stereocenters. The molecule has 0 aromatic heterocycles. The molecule has 2 nitrogen and oxygen atoms in total. The first kappa shape index (κ1) is 15.0. The molecule has 1 aliphatic rings. The Hall–Kier alpha value is -0.0800. The fraction of sp³-hybridized carbons (Fsp3) is 1.00. The molecule has 1 fully saturated rings. The summed E-state index contributed by atoms with van der Waals surface area (Å²) < 4.78 is 5.46. The predicted molar refractivity (Wildman–Crippen MR) is 74.4 cm³/mol. The molecule has 2 atom stereocenters. The van der Waals surface area contributed by atoms with Gasteiger partial charge in [0.1, 0.15) is 0 Å². The van der Waals surface area contributed by atoms with Crippen LogP contribution >= 0.6 is 0 Å². The van der Waals surface area contributed by atoms with E-state index < -0.39 is 0 Å². The van der Waals surface area contributed by atoms with E-state index in [0.29, 0.717) is 17.6 Å². The molecular formula is C15H31NO. The first-order valence-electron chi connectivity index (χ1n) is 7.39. The Morgan fingerprint density at radius 1 is 1.12 bits per heavy atom. The van der Waals surface area contributed by atoms with E-state index in [1.54, 1.807) is 0 Å². The third-order valence-electron chi connectivity index (χ3n) is 4.38. The number of nitrogens with one attached hydrogen (secondary N) is 1. The van der Waals surface area contributed by atoms with Crippen molar-refractivity contribution in [2.24, 2.45) is 5.41 Å². The van der Waals surface area contributed by atoms with Crippen molar-refractivity contribution in [1.29, 1.82) is 0 Å². The van der Waals surface area contributed by atoms with E-state index in [0.717, 1.165) is 0 Å². The van der Waals surface area contributed by atoms with E-state index in [9.17, 15) is 0 Å². The largest absolute Gasteiger partial charge is 0.381 e. The van der Waals surface area contributed by atoms with E-state index in [2.05, 4.69) is 26.1 Å². The molecule has 1 saturated carbocycles. The zero-order valence-corrected chi connectivity index (χ0v) is 12.2. The summed E-state index contributed by atoms with van der Waals surface area (Å²) in [5.41, 5.74) is 0.316. The summed E-state index contributed by atoms with van der Waals surface area (Å²) in [5, 5.41) is 3.68. The molecule has 0 aromatic rings. The highest BCUT2D eigenvalue weighted by molar-refractivity contribution is 5.02. The summed E-state index contributed by atoms with van der Waals surface area (Å²) in [5.74, 6) is 0. The normalized spacial score (nSPS) is 26.8. The molecule has 0 amide bonds. The van der Waals surface area contributed by atoms with Gasteiger partial charge in [-0.2, -0.15) is 0 Å². The molecule has 1 rings (SSSR count). The van der Waals surface area contributed by atoms with E-state index >= 15 is 0 Å². The topological polar surface area (TPSA) is 21.3 Å². The number of rotatable bonds is 9. The number of methoxy groups -OCH3 is 1. The highest BCUT2D eigenvalue weighted by Gasteiger charge is 2.47. The molecule has 102 valence electrons. The Kier molecular flexibility index (Phi) is 6.50. The van der Waals surface area contributed by atoms with Crippen LogP contribution in [0.1, 0.15) is 65.7 Å². The number of hydrogen-bond acceptors (Lipinski definition) is 2. The maximum atomic E-state index is 5.46. The van der Waals surface area contributed by atoms with Crippen molar-refractivity contribution in [3.05, 3.63) is 0 Å². The van der Waals surface area contributed by atoms with Crippen LogP contribution < -0.4 is 5.32 Å². The average molecular weight is 241 g/mol. The molecule has 0 radical (unpaired) electrons. The van der Waals surface area contributed by atoms with Crippen molar-refractivity contribution < 1.29 is 4.74 Å². The molecule has 17 heavy (non-hydrogen) atoms. The SMILES string of the molecule is CCCCCCCCNC1CC(OC)C1(C)C. The van der Waals surface area contributed by atoms with Crippen molar-refractivity contribution in [3.8, 4) is 0 Å². The van der Waals surface area contributed by atoms with E-state index in [4.69, 9.17) is 4.74 Å². The summed E-state index contributed by atoms with van der Waals surface area (Å²) in [6.45, 7) is 8.07. The Morgan fingerprint density at radius 2 is 1.76 bits per heavy atom. The molecule has 0 aromatic carbocycles. The summed E-state index contributed by atoms with van der Waals surface area (Å²) in [4.78, 5) is 0. The quantitative estimate of drug-likeness (QED) is 0.621. The van der Waals surface area contributed by atoms with Gasteiger partial charge < -0.3 is 10.1 Å². The summed E-state index contributed by atoms with van der Waals surface area (Å²) in [6, 6.07) is 0.656. The van der Waals surface area contributed by atoms with Gasteiger partial charge >= 0.3 is 0 Å². The van der Waals surface area contributed by atoms with Crippen LogP contribution in [0.25, 0.3) is 0 Å². The summed E-state index contributed by atoms with van der Waals surface area (Å²) in [6.07, 6.45) is 9.90. The lowest BCUT2D eigenvalue weighted by atomic mass is 9.64.